The molecule has 1 aromatic heterocycles. The Bertz CT molecular complexity index is 481. The van der Waals surface area contributed by atoms with Crippen LogP contribution in [0.25, 0.3) is 0 Å². The Kier molecular flexibility index (Phi) is 5.17. The van der Waals surface area contributed by atoms with Gasteiger partial charge in [0.05, 0.1) is 11.9 Å². The molecule has 0 aliphatic carbocycles. The van der Waals surface area contributed by atoms with Crippen molar-refractivity contribution in [2.75, 3.05) is 24.5 Å². The molecule has 0 radical (unpaired) electrons. The summed E-state index contributed by atoms with van der Waals surface area (Å²) in [6.07, 6.45) is 5.34. The third-order valence-corrected chi connectivity index (χ3v) is 4.29. The van der Waals surface area contributed by atoms with E-state index in [1.54, 1.807) is 19.3 Å². The average molecular weight is 278 g/mol. The van der Waals surface area contributed by atoms with Crippen LogP contribution in [-0.4, -0.2) is 35.5 Å². The van der Waals surface area contributed by atoms with Crippen molar-refractivity contribution in [3.8, 4) is 0 Å². The van der Waals surface area contributed by atoms with Crippen molar-refractivity contribution in [2.45, 2.75) is 39.2 Å². The van der Waals surface area contributed by atoms with Gasteiger partial charge in [-0.1, -0.05) is 13.8 Å². The Hall–Kier alpha value is -1.36. The zero-order valence-electron chi connectivity index (χ0n) is 12.8. The third kappa shape index (κ3) is 3.60. The van der Waals surface area contributed by atoms with Crippen LogP contribution in [0.5, 0.6) is 0 Å². The predicted octanol–water partition coefficient (Wildman–Crippen LogP) is 1.38. The number of rotatable bonds is 6. The fraction of sp³-hybridized carbons (Fsp3) is 0.733. The Labute approximate surface area is 121 Å². The molecule has 1 aliphatic rings. The zero-order valence-corrected chi connectivity index (χ0v) is 12.8. The van der Waals surface area contributed by atoms with E-state index in [1.807, 2.05) is 0 Å². The van der Waals surface area contributed by atoms with Crippen LogP contribution < -0.4 is 15.8 Å². The molecular weight excluding hydrogens is 252 g/mol. The SMILES string of the molecule is CCC(CC)NC[C@H]1CCN(c2cnn(C)c(=O)c2)C1. The van der Waals surface area contributed by atoms with Crippen LogP contribution in [0, 0.1) is 5.92 Å². The summed E-state index contributed by atoms with van der Waals surface area (Å²) in [5, 5.41) is 7.74. The lowest BCUT2D eigenvalue weighted by atomic mass is 10.1. The lowest BCUT2D eigenvalue weighted by Gasteiger charge is -2.20. The molecule has 0 saturated carbocycles. The summed E-state index contributed by atoms with van der Waals surface area (Å²) in [6, 6.07) is 2.32. The van der Waals surface area contributed by atoms with Crippen LogP contribution in [0.2, 0.25) is 0 Å². The molecule has 5 heteroatoms. The number of anilines is 1. The van der Waals surface area contributed by atoms with Gasteiger partial charge in [-0.2, -0.15) is 5.10 Å². The normalized spacial score (nSPS) is 19.0. The van der Waals surface area contributed by atoms with Gasteiger partial charge in [-0.05, 0) is 31.7 Å². The monoisotopic (exact) mass is 278 g/mol. The van der Waals surface area contributed by atoms with E-state index in [0.29, 0.717) is 12.0 Å². The van der Waals surface area contributed by atoms with Crippen molar-refractivity contribution in [3.63, 3.8) is 0 Å². The minimum Gasteiger partial charge on any atom is -0.370 e. The molecule has 1 fully saturated rings. The maximum Gasteiger partial charge on any atom is 0.268 e. The molecule has 1 N–H and O–H groups in total. The van der Waals surface area contributed by atoms with E-state index in [-0.39, 0.29) is 5.56 Å². The number of hydrogen-bond acceptors (Lipinski definition) is 4. The second-order valence-electron chi connectivity index (χ2n) is 5.70. The van der Waals surface area contributed by atoms with E-state index in [0.717, 1.165) is 25.3 Å². The van der Waals surface area contributed by atoms with E-state index in [9.17, 15) is 4.79 Å². The molecule has 2 rings (SSSR count). The first-order valence-corrected chi connectivity index (χ1v) is 7.65. The smallest absolute Gasteiger partial charge is 0.268 e. The summed E-state index contributed by atoms with van der Waals surface area (Å²) >= 11 is 0. The number of aromatic nitrogens is 2. The van der Waals surface area contributed by atoms with Gasteiger partial charge in [0.1, 0.15) is 0 Å². The van der Waals surface area contributed by atoms with Gasteiger partial charge in [0, 0.05) is 32.2 Å². The molecule has 0 aromatic carbocycles. The third-order valence-electron chi connectivity index (χ3n) is 4.29. The van der Waals surface area contributed by atoms with Crippen LogP contribution in [0.4, 0.5) is 5.69 Å². The quantitative estimate of drug-likeness (QED) is 0.854. The van der Waals surface area contributed by atoms with Crippen LogP contribution in [0.1, 0.15) is 33.1 Å². The maximum absolute atomic E-state index is 11.6. The molecule has 112 valence electrons. The fourth-order valence-corrected chi connectivity index (χ4v) is 2.78. The highest BCUT2D eigenvalue weighted by Crippen LogP contribution is 2.21. The Morgan fingerprint density at radius 1 is 1.45 bits per heavy atom. The zero-order chi connectivity index (χ0) is 14.5. The largest absolute Gasteiger partial charge is 0.370 e. The molecule has 0 unspecified atom stereocenters. The lowest BCUT2D eigenvalue weighted by Crippen LogP contribution is -2.33. The van der Waals surface area contributed by atoms with Crippen LogP contribution in [-0.2, 0) is 7.05 Å². The first kappa shape index (κ1) is 15.0. The van der Waals surface area contributed by atoms with Crippen LogP contribution >= 0.6 is 0 Å². The van der Waals surface area contributed by atoms with Crippen molar-refractivity contribution in [3.05, 3.63) is 22.6 Å². The van der Waals surface area contributed by atoms with E-state index in [2.05, 4.69) is 29.2 Å². The van der Waals surface area contributed by atoms with Crippen molar-refractivity contribution < 1.29 is 0 Å². The number of nitrogens with zero attached hydrogens (tertiary/aromatic N) is 3. The molecule has 0 spiro atoms. The molecule has 1 aliphatic heterocycles. The highest BCUT2D eigenvalue weighted by molar-refractivity contribution is 5.43. The standard InChI is InChI=1S/C15H26N4O/c1-4-13(5-2)16-9-12-6-7-19(11-12)14-8-15(20)18(3)17-10-14/h8,10,12-13,16H,4-7,9,11H2,1-3H3/t12-/m1/s1. The van der Waals surface area contributed by atoms with Gasteiger partial charge >= 0.3 is 0 Å². The molecule has 20 heavy (non-hydrogen) atoms. The van der Waals surface area contributed by atoms with E-state index in [1.165, 1.54) is 23.9 Å². The maximum atomic E-state index is 11.6. The number of hydrogen-bond donors (Lipinski definition) is 1. The molecule has 0 bridgehead atoms. The summed E-state index contributed by atoms with van der Waals surface area (Å²) in [5.41, 5.74) is 0.916. The summed E-state index contributed by atoms with van der Waals surface area (Å²) in [5.74, 6) is 0.666. The summed E-state index contributed by atoms with van der Waals surface area (Å²) < 4.78 is 1.37. The Morgan fingerprint density at radius 3 is 2.85 bits per heavy atom. The van der Waals surface area contributed by atoms with Crippen molar-refractivity contribution >= 4 is 5.69 Å². The molecule has 1 aromatic rings. The van der Waals surface area contributed by atoms with Crippen molar-refractivity contribution in [1.82, 2.24) is 15.1 Å². The first-order chi connectivity index (χ1) is 9.63. The first-order valence-electron chi connectivity index (χ1n) is 7.65. The molecule has 5 nitrogen and oxygen atoms in total. The lowest BCUT2D eigenvalue weighted by molar-refractivity contribution is 0.429. The second-order valence-corrected chi connectivity index (χ2v) is 5.70. The average Bonchev–Trinajstić information content (AvgIpc) is 2.92. The summed E-state index contributed by atoms with van der Waals surface area (Å²) in [6.45, 7) is 7.56. The number of aryl methyl sites for hydroxylation is 1. The summed E-state index contributed by atoms with van der Waals surface area (Å²) in [4.78, 5) is 13.9. The Morgan fingerprint density at radius 2 is 2.20 bits per heavy atom. The number of nitrogens with one attached hydrogen (secondary N) is 1. The van der Waals surface area contributed by atoms with Crippen LogP contribution in [0.15, 0.2) is 17.1 Å². The highest BCUT2D eigenvalue weighted by atomic mass is 16.1. The van der Waals surface area contributed by atoms with Crippen LogP contribution in [0.3, 0.4) is 0 Å². The highest BCUT2D eigenvalue weighted by Gasteiger charge is 2.23. The van der Waals surface area contributed by atoms with E-state index < -0.39 is 0 Å². The predicted molar refractivity (Wildman–Crippen MR) is 82.2 cm³/mol. The van der Waals surface area contributed by atoms with Gasteiger partial charge in [-0.25, -0.2) is 4.68 Å². The van der Waals surface area contributed by atoms with Crippen molar-refractivity contribution in [1.29, 1.82) is 0 Å². The van der Waals surface area contributed by atoms with Crippen molar-refractivity contribution in [2.24, 2.45) is 13.0 Å². The molecular formula is C15H26N4O. The van der Waals surface area contributed by atoms with Gasteiger partial charge < -0.3 is 10.2 Å². The van der Waals surface area contributed by atoms with Gasteiger partial charge in [0.2, 0.25) is 0 Å². The van der Waals surface area contributed by atoms with Gasteiger partial charge in [0.15, 0.2) is 0 Å². The second kappa shape index (κ2) is 6.88. The van der Waals surface area contributed by atoms with Gasteiger partial charge in [0.25, 0.3) is 5.56 Å². The molecule has 2 heterocycles. The molecule has 1 atom stereocenters. The molecule has 0 amide bonds. The topological polar surface area (TPSA) is 50.2 Å². The van der Waals surface area contributed by atoms with E-state index in [4.69, 9.17) is 0 Å². The Balaban J connectivity index is 1.88. The fourth-order valence-electron chi connectivity index (χ4n) is 2.78. The van der Waals surface area contributed by atoms with Gasteiger partial charge in [-0.3, -0.25) is 4.79 Å². The van der Waals surface area contributed by atoms with E-state index >= 15 is 0 Å². The molecule has 1 saturated heterocycles. The summed E-state index contributed by atoms with van der Waals surface area (Å²) in [7, 11) is 1.68. The minimum atomic E-state index is -0.0406. The van der Waals surface area contributed by atoms with Gasteiger partial charge in [-0.15, -0.1) is 0 Å². The minimum absolute atomic E-state index is 0.0406.